The maximum Gasteiger partial charge on any atom is 0.417 e. The Kier molecular flexibility index (Phi) is 5.57. The number of benzene rings is 1. The maximum atomic E-state index is 13.5. The van der Waals surface area contributed by atoms with E-state index in [1.54, 1.807) is 13.8 Å². The molecule has 1 aromatic carbocycles. The molecule has 3 heterocycles. The molecule has 0 aliphatic carbocycles. The van der Waals surface area contributed by atoms with E-state index in [1.807, 2.05) is 0 Å². The predicted molar refractivity (Wildman–Crippen MR) is 113 cm³/mol. The summed E-state index contributed by atoms with van der Waals surface area (Å²) in [5, 5.41) is 40.0. The summed E-state index contributed by atoms with van der Waals surface area (Å²) in [6.07, 6.45) is -3.57. The number of ether oxygens (including phenoxy) is 1. The van der Waals surface area contributed by atoms with E-state index in [2.05, 4.69) is 4.90 Å². The Bertz CT molecular complexity index is 1160. The van der Waals surface area contributed by atoms with Crippen LogP contribution in [-0.4, -0.2) is 50.4 Å². The number of morpholine rings is 1. The molecule has 1 saturated heterocycles. The summed E-state index contributed by atoms with van der Waals surface area (Å²) in [4.78, 5) is 12.8. The van der Waals surface area contributed by atoms with E-state index in [1.165, 1.54) is 12.1 Å². The number of hydrogen-bond donors (Lipinski definition) is 3. The lowest BCUT2D eigenvalue weighted by Crippen LogP contribution is -2.51. The van der Waals surface area contributed by atoms with Gasteiger partial charge < -0.3 is 20.1 Å². The highest BCUT2D eigenvalue weighted by molar-refractivity contribution is 5.66. The lowest BCUT2D eigenvalue weighted by Gasteiger charge is -2.44. The van der Waals surface area contributed by atoms with Gasteiger partial charge in [-0.15, -0.1) is 0 Å². The molecular formula is C23H24F3N3O5. The maximum absolute atomic E-state index is 13.5. The monoisotopic (exact) mass is 479 g/mol. The van der Waals surface area contributed by atoms with Crippen molar-refractivity contribution in [2.24, 2.45) is 0 Å². The fraction of sp³-hybridized carbons (Fsp3) is 0.478. The van der Waals surface area contributed by atoms with Gasteiger partial charge in [-0.2, -0.15) is 18.4 Å². The Balaban J connectivity index is 1.72. The van der Waals surface area contributed by atoms with Crippen molar-refractivity contribution in [2.45, 2.75) is 50.5 Å². The van der Waals surface area contributed by atoms with Gasteiger partial charge in [-0.05, 0) is 51.4 Å². The van der Waals surface area contributed by atoms with Gasteiger partial charge in [0.2, 0.25) is 11.8 Å². The van der Waals surface area contributed by atoms with Crippen LogP contribution in [0, 0.1) is 11.3 Å². The van der Waals surface area contributed by atoms with E-state index in [0.717, 1.165) is 16.7 Å². The van der Waals surface area contributed by atoms with Gasteiger partial charge in [0.25, 0.3) is 0 Å². The van der Waals surface area contributed by atoms with E-state index in [4.69, 9.17) is 15.1 Å². The third kappa shape index (κ3) is 3.76. The molecule has 2 aliphatic heterocycles. The van der Waals surface area contributed by atoms with Crippen LogP contribution in [-0.2, 0) is 26.9 Å². The van der Waals surface area contributed by atoms with Gasteiger partial charge >= 0.3 is 12.1 Å². The van der Waals surface area contributed by atoms with Crippen LogP contribution in [0.4, 0.5) is 13.2 Å². The smallest absolute Gasteiger partial charge is 0.417 e. The van der Waals surface area contributed by atoms with Crippen molar-refractivity contribution in [3.05, 3.63) is 40.5 Å². The Morgan fingerprint density at radius 2 is 1.74 bits per heavy atom. The second-order valence-electron chi connectivity index (χ2n) is 9.20. The Morgan fingerprint density at radius 3 is 2.24 bits per heavy atom. The lowest BCUT2D eigenvalue weighted by atomic mass is 9.94. The quantitative estimate of drug-likeness (QED) is 0.539. The first-order valence-electron chi connectivity index (χ1n) is 10.7. The van der Waals surface area contributed by atoms with E-state index in [9.17, 15) is 28.2 Å². The van der Waals surface area contributed by atoms with Gasteiger partial charge in [0.15, 0.2) is 0 Å². The van der Waals surface area contributed by atoms with Crippen LogP contribution >= 0.6 is 0 Å². The number of fused-ring (bicyclic) bond motifs is 5. The number of carboxylic acid groups (broad SMARTS) is 1. The molecule has 0 spiro atoms. The normalized spacial score (nSPS) is 24.1. The van der Waals surface area contributed by atoms with Crippen molar-refractivity contribution >= 4 is 5.97 Å². The number of nitrogens with zero attached hydrogens (tertiary/aromatic N) is 3. The largest absolute Gasteiger partial charge is 0.494 e. The Morgan fingerprint density at radius 1 is 1.15 bits per heavy atom. The highest BCUT2D eigenvalue weighted by atomic mass is 19.4. The zero-order valence-electron chi connectivity index (χ0n) is 18.6. The van der Waals surface area contributed by atoms with Gasteiger partial charge in [-0.3, -0.25) is 14.3 Å². The number of carbonyl (C=O) groups is 1. The number of aromatic nitrogens is 1. The number of nitriles is 1. The summed E-state index contributed by atoms with van der Waals surface area (Å²) in [6, 6.07) is 4.47. The first-order valence-corrected chi connectivity index (χ1v) is 10.7. The molecule has 1 aromatic heterocycles. The molecule has 2 aliphatic rings. The molecule has 11 heteroatoms. The highest BCUT2D eigenvalue weighted by Gasteiger charge is 2.58. The van der Waals surface area contributed by atoms with Crippen molar-refractivity contribution in [3.8, 4) is 23.5 Å². The summed E-state index contributed by atoms with van der Waals surface area (Å²) in [7, 11) is 0. The molecule has 2 atom stereocenters. The summed E-state index contributed by atoms with van der Waals surface area (Å²) >= 11 is 0. The minimum atomic E-state index is -4.79. The molecular weight excluding hydrogens is 455 g/mol. The molecule has 0 radical (unpaired) electrons. The molecule has 182 valence electrons. The zero-order chi connectivity index (χ0) is 25.1. The van der Waals surface area contributed by atoms with Crippen LogP contribution in [0.25, 0.3) is 5.69 Å². The Hall–Kier alpha value is -3.23. The summed E-state index contributed by atoms with van der Waals surface area (Å²) in [5.74, 6) is -1.72. The van der Waals surface area contributed by atoms with E-state index >= 15 is 0 Å². The van der Waals surface area contributed by atoms with Crippen LogP contribution in [0.2, 0.25) is 0 Å². The SMILES string of the molecule is C[C@]12CN(CCCCC(=O)O)C[C@](C)(O1)c1c2c(O)n(-c2ccc(C#N)c(C(F)(F)F)c2)c1O. The second kappa shape index (κ2) is 7.92. The van der Waals surface area contributed by atoms with Gasteiger partial charge in [0.05, 0.1) is 34.0 Å². The number of hydrogen-bond acceptors (Lipinski definition) is 6. The van der Waals surface area contributed by atoms with E-state index in [-0.39, 0.29) is 12.1 Å². The summed E-state index contributed by atoms with van der Waals surface area (Å²) in [6.45, 7) is 4.77. The molecule has 0 unspecified atom stereocenters. The zero-order valence-corrected chi connectivity index (χ0v) is 18.6. The fourth-order valence-electron chi connectivity index (χ4n) is 5.30. The third-order valence-corrected chi connectivity index (χ3v) is 6.48. The van der Waals surface area contributed by atoms with Crippen molar-refractivity contribution in [1.29, 1.82) is 5.26 Å². The van der Waals surface area contributed by atoms with Crippen LogP contribution in [0.5, 0.6) is 11.8 Å². The predicted octanol–water partition coefficient (Wildman–Crippen LogP) is 3.81. The number of alkyl halides is 3. The molecule has 3 N–H and O–H groups in total. The fourth-order valence-corrected chi connectivity index (χ4v) is 5.30. The van der Waals surface area contributed by atoms with Gasteiger partial charge in [-0.1, -0.05) is 0 Å². The van der Waals surface area contributed by atoms with Gasteiger partial charge in [-0.25, -0.2) is 0 Å². The van der Waals surface area contributed by atoms with Gasteiger partial charge in [0.1, 0.15) is 11.2 Å². The van der Waals surface area contributed by atoms with Gasteiger partial charge in [0, 0.05) is 19.5 Å². The number of halogens is 3. The molecule has 1 fully saturated rings. The second-order valence-corrected chi connectivity index (χ2v) is 9.20. The van der Waals surface area contributed by atoms with Crippen molar-refractivity contribution in [1.82, 2.24) is 9.47 Å². The molecule has 8 nitrogen and oxygen atoms in total. The van der Waals surface area contributed by atoms with Crippen LogP contribution in [0.3, 0.4) is 0 Å². The number of aromatic hydroxyl groups is 2. The van der Waals surface area contributed by atoms with Crippen molar-refractivity contribution in [2.75, 3.05) is 19.6 Å². The van der Waals surface area contributed by atoms with Crippen LogP contribution in [0.15, 0.2) is 18.2 Å². The topological polar surface area (TPSA) is 119 Å². The van der Waals surface area contributed by atoms with E-state index < -0.39 is 46.2 Å². The van der Waals surface area contributed by atoms with Crippen LogP contribution < -0.4 is 0 Å². The first kappa shape index (κ1) is 23.9. The average Bonchev–Trinajstić information content (AvgIpc) is 3.10. The lowest BCUT2D eigenvalue weighted by molar-refractivity contribution is -0.186. The molecule has 2 bridgehead atoms. The summed E-state index contributed by atoms with van der Waals surface area (Å²) < 4.78 is 47.6. The molecule has 34 heavy (non-hydrogen) atoms. The third-order valence-electron chi connectivity index (χ3n) is 6.48. The molecule has 0 saturated carbocycles. The number of carboxylic acids is 1. The minimum absolute atomic E-state index is 0.0657. The van der Waals surface area contributed by atoms with Crippen molar-refractivity contribution in [3.63, 3.8) is 0 Å². The summed E-state index contributed by atoms with van der Waals surface area (Å²) in [5.41, 5.74) is -3.33. The number of aliphatic carboxylic acids is 1. The first-order chi connectivity index (χ1) is 15.8. The number of unbranched alkanes of at least 4 members (excludes halogenated alkanes) is 1. The Labute approximate surface area is 193 Å². The highest BCUT2D eigenvalue weighted by Crippen LogP contribution is 2.59. The standard InChI is InChI=1S/C23H24F3N3O5/c1-21-11-28(8-4-3-5-16(30)31)12-22(2,34-21)18-17(21)19(32)29(20(18)33)14-7-6-13(10-27)15(9-14)23(24,25)26/h6-7,9,32-33H,3-5,8,11-12H2,1-2H3,(H,30,31)/t21-,22+. The minimum Gasteiger partial charge on any atom is -0.494 e. The van der Waals surface area contributed by atoms with E-state index in [0.29, 0.717) is 43.6 Å². The molecule has 2 aromatic rings. The molecule has 4 rings (SSSR count). The number of rotatable bonds is 6. The average molecular weight is 479 g/mol. The van der Waals surface area contributed by atoms with Crippen LogP contribution in [0.1, 0.15) is 55.4 Å². The van der Waals surface area contributed by atoms with Crippen molar-refractivity contribution < 1.29 is 38.0 Å². The molecule has 0 amide bonds.